The lowest BCUT2D eigenvalue weighted by Gasteiger charge is -2.22. The van der Waals surface area contributed by atoms with E-state index in [2.05, 4.69) is 9.47 Å². The van der Waals surface area contributed by atoms with Gasteiger partial charge >= 0.3 is 18.3 Å². The number of ether oxygens (including phenoxy) is 2. The van der Waals surface area contributed by atoms with Gasteiger partial charge in [0.05, 0.1) is 0 Å². The van der Waals surface area contributed by atoms with Crippen molar-refractivity contribution in [3.63, 3.8) is 0 Å². The monoisotopic (exact) mass is 206 g/mol. The van der Waals surface area contributed by atoms with Gasteiger partial charge in [-0.05, 0) is 0 Å². The number of alkyl halides is 5. The summed E-state index contributed by atoms with van der Waals surface area (Å²) in [6.45, 7) is -1.09. The zero-order chi connectivity index (χ0) is 10.3. The van der Waals surface area contributed by atoms with E-state index in [1.165, 1.54) is 0 Å². The number of cyclic esters (lactones) is 2. The normalized spacial score (nSPS) is 24.1. The smallest absolute Gasteiger partial charge is 0.430 e. The molecule has 0 aromatic rings. The van der Waals surface area contributed by atoms with Crippen molar-refractivity contribution >= 4 is 6.16 Å². The molecule has 1 saturated heterocycles. The topological polar surface area (TPSA) is 35.5 Å². The van der Waals surface area contributed by atoms with Crippen molar-refractivity contribution in [3.05, 3.63) is 0 Å². The lowest BCUT2D eigenvalue weighted by molar-refractivity contribution is -0.308. The summed E-state index contributed by atoms with van der Waals surface area (Å²) in [5, 5.41) is 0. The standard InChI is InChI=1S/C5H3F5O3/c6-4(7,5(8,9)10)2-1-12-3(11)13-2/h2H,1H2. The lowest BCUT2D eigenvalue weighted by atomic mass is 10.2. The number of hydrogen-bond donors (Lipinski definition) is 0. The SMILES string of the molecule is O=C1OCC(C(F)(F)C(F)(F)F)O1. The van der Waals surface area contributed by atoms with E-state index in [9.17, 15) is 26.7 Å². The van der Waals surface area contributed by atoms with Crippen molar-refractivity contribution in [2.45, 2.75) is 18.2 Å². The minimum Gasteiger partial charge on any atom is -0.430 e. The van der Waals surface area contributed by atoms with E-state index in [0.717, 1.165) is 0 Å². The van der Waals surface area contributed by atoms with Crippen molar-refractivity contribution in [1.29, 1.82) is 0 Å². The predicted molar refractivity (Wildman–Crippen MR) is 27.2 cm³/mol. The van der Waals surface area contributed by atoms with E-state index in [0.29, 0.717) is 0 Å². The van der Waals surface area contributed by atoms with Crippen LogP contribution in [0.3, 0.4) is 0 Å². The summed E-state index contributed by atoms with van der Waals surface area (Å²) >= 11 is 0. The fraction of sp³-hybridized carbons (Fsp3) is 0.800. The molecule has 0 saturated carbocycles. The number of carbonyl (C=O) groups excluding carboxylic acids is 1. The van der Waals surface area contributed by atoms with Crippen LogP contribution in [0.15, 0.2) is 0 Å². The van der Waals surface area contributed by atoms with Crippen LogP contribution in [0.2, 0.25) is 0 Å². The van der Waals surface area contributed by atoms with Crippen molar-refractivity contribution < 1.29 is 36.2 Å². The Hall–Kier alpha value is -1.08. The van der Waals surface area contributed by atoms with Crippen LogP contribution in [0.4, 0.5) is 26.7 Å². The average Bonchev–Trinajstić information content (AvgIpc) is 2.33. The Morgan fingerprint density at radius 3 is 2.08 bits per heavy atom. The molecular weight excluding hydrogens is 203 g/mol. The minimum atomic E-state index is -5.74. The van der Waals surface area contributed by atoms with Crippen LogP contribution in [-0.2, 0) is 9.47 Å². The number of hydrogen-bond acceptors (Lipinski definition) is 3. The van der Waals surface area contributed by atoms with Gasteiger partial charge in [0.25, 0.3) is 0 Å². The zero-order valence-electron chi connectivity index (χ0n) is 5.90. The molecule has 0 amide bonds. The van der Waals surface area contributed by atoms with Gasteiger partial charge in [0.1, 0.15) is 6.61 Å². The Bertz CT molecular complexity index is 223. The first-order valence-corrected chi connectivity index (χ1v) is 3.03. The Labute approximate surface area is 68.4 Å². The summed E-state index contributed by atoms with van der Waals surface area (Å²) in [5.74, 6) is -5.07. The van der Waals surface area contributed by atoms with E-state index >= 15 is 0 Å². The van der Waals surface area contributed by atoms with Crippen LogP contribution >= 0.6 is 0 Å². The van der Waals surface area contributed by atoms with Gasteiger partial charge in [-0.2, -0.15) is 22.0 Å². The summed E-state index contributed by atoms with van der Waals surface area (Å²) in [6, 6.07) is 0. The van der Waals surface area contributed by atoms with Crippen LogP contribution in [0, 0.1) is 0 Å². The van der Waals surface area contributed by atoms with Gasteiger partial charge in [-0.15, -0.1) is 0 Å². The van der Waals surface area contributed by atoms with E-state index < -0.39 is 31.0 Å². The average molecular weight is 206 g/mol. The number of halogens is 5. The molecule has 0 aromatic heterocycles. The lowest BCUT2D eigenvalue weighted by Crippen LogP contribution is -2.48. The minimum absolute atomic E-state index is 1.09. The van der Waals surface area contributed by atoms with Gasteiger partial charge in [0, 0.05) is 0 Å². The maximum Gasteiger partial charge on any atom is 0.509 e. The molecule has 0 bridgehead atoms. The molecule has 0 aromatic carbocycles. The highest BCUT2D eigenvalue weighted by Gasteiger charge is 2.66. The van der Waals surface area contributed by atoms with Crippen molar-refractivity contribution in [2.24, 2.45) is 0 Å². The number of carbonyl (C=O) groups is 1. The third-order valence-corrected chi connectivity index (χ3v) is 1.37. The molecule has 1 aliphatic rings. The Morgan fingerprint density at radius 2 is 1.77 bits per heavy atom. The van der Waals surface area contributed by atoms with E-state index in [1.54, 1.807) is 0 Å². The van der Waals surface area contributed by atoms with Gasteiger partial charge in [-0.25, -0.2) is 4.79 Å². The molecule has 0 aliphatic carbocycles. The Morgan fingerprint density at radius 1 is 1.23 bits per heavy atom. The van der Waals surface area contributed by atoms with E-state index in [1.807, 2.05) is 0 Å². The second-order valence-electron chi connectivity index (χ2n) is 2.29. The summed E-state index contributed by atoms with van der Waals surface area (Å²) in [6.07, 6.45) is -9.85. The van der Waals surface area contributed by atoms with Gasteiger partial charge in [-0.1, -0.05) is 0 Å². The highest BCUT2D eigenvalue weighted by molar-refractivity contribution is 5.62. The molecule has 1 unspecified atom stereocenters. The summed E-state index contributed by atoms with van der Waals surface area (Å²) in [7, 11) is 0. The number of rotatable bonds is 1. The highest BCUT2D eigenvalue weighted by atomic mass is 19.4. The molecular formula is C5H3F5O3. The molecule has 8 heteroatoms. The van der Waals surface area contributed by atoms with Crippen LogP contribution in [0.5, 0.6) is 0 Å². The first kappa shape index (κ1) is 10.0. The fourth-order valence-corrected chi connectivity index (χ4v) is 0.689. The predicted octanol–water partition coefficient (Wildman–Crippen LogP) is 1.72. The summed E-state index contributed by atoms with van der Waals surface area (Å²) < 4.78 is 66.9. The molecule has 76 valence electrons. The fourth-order valence-electron chi connectivity index (χ4n) is 0.689. The molecule has 13 heavy (non-hydrogen) atoms. The van der Waals surface area contributed by atoms with Crippen molar-refractivity contribution in [1.82, 2.24) is 0 Å². The molecule has 1 heterocycles. The van der Waals surface area contributed by atoms with Gasteiger partial charge in [0.2, 0.25) is 6.10 Å². The molecule has 0 radical (unpaired) electrons. The first-order chi connectivity index (χ1) is 5.75. The third kappa shape index (κ3) is 1.65. The Balaban J connectivity index is 2.76. The molecule has 1 rings (SSSR count). The quantitative estimate of drug-likeness (QED) is 0.484. The molecule has 1 fully saturated rings. The van der Waals surface area contributed by atoms with Crippen LogP contribution < -0.4 is 0 Å². The first-order valence-electron chi connectivity index (χ1n) is 3.03. The van der Waals surface area contributed by atoms with Gasteiger partial charge in [0.15, 0.2) is 0 Å². The van der Waals surface area contributed by atoms with Crippen LogP contribution in [0.25, 0.3) is 0 Å². The highest BCUT2D eigenvalue weighted by Crippen LogP contribution is 2.40. The molecule has 3 nitrogen and oxygen atoms in total. The molecule has 1 aliphatic heterocycles. The molecule has 0 N–H and O–H groups in total. The van der Waals surface area contributed by atoms with E-state index in [4.69, 9.17) is 0 Å². The second kappa shape index (κ2) is 2.71. The Kier molecular flexibility index (Phi) is 2.08. The van der Waals surface area contributed by atoms with Crippen LogP contribution in [-0.4, -0.2) is 31.0 Å². The maximum atomic E-state index is 12.3. The van der Waals surface area contributed by atoms with Crippen LogP contribution in [0.1, 0.15) is 0 Å². The summed E-state index contributed by atoms with van der Waals surface area (Å²) in [4.78, 5) is 10.1. The van der Waals surface area contributed by atoms with Crippen molar-refractivity contribution in [2.75, 3.05) is 6.61 Å². The second-order valence-corrected chi connectivity index (χ2v) is 2.29. The van der Waals surface area contributed by atoms with Gasteiger partial charge < -0.3 is 9.47 Å². The maximum absolute atomic E-state index is 12.3. The zero-order valence-corrected chi connectivity index (χ0v) is 5.90. The summed E-state index contributed by atoms with van der Waals surface area (Å²) in [5.41, 5.74) is 0. The molecule has 0 spiro atoms. The largest absolute Gasteiger partial charge is 0.509 e. The third-order valence-electron chi connectivity index (χ3n) is 1.37. The van der Waals surface area contributed by atoms with E-state index in [-0.39, 0.29) is 0 Å². The molecule has 1 atom stereocenters. The van der Waals surface area contributed by atoms with Crippen molar-refractivity contribution in [3.8, 4) is 0 Å². The van der Waals surface area contributed by atoms with Gasteiger partial charge in [-0.3, -0.25) is 0 Å².